The molecule has 0 aromatic carbocycles. The van der Waals surface area contributed by atoms with Crippen molar-refractivity contribution in [2.75, 3.05) is 7.05 Å². The number of carboxylic acids is 1. The van der Waals surface area contributed by atoms with E-state index in [-0.39, 0.29) is 12.5 Å². The Morgan fingerprint density at radius 3 is 2.63 bits per heavy atom. The Morgan fingerprint density at radius 2 is 2.16 bits per heavy atom. The number of nitrogens with zero attached hydrogens (tertiary/aromatic N) is 2. The minimum atomic E-state index is -0.942. The Balaban J connectivity index is 2.55. The van der Waals surface area contributed by atoms with Gasteiger partial charge in [-0.25, -0.2) is 9.78 Å². The smallest absolute Gasteiger partial charge is 0.317 e. The third-order valence-corrected chi connectivity index (χ3v) is 3.27. The van der Waals surface area contributed by atoms with Gasteiger partial charge in [0.15, 0.2) is 0 Å². The molecule has 1 heterocycles. The highest BCUT2D eigenvalue weighted by atomic mass is 32.1. The van der Waals surface area contributed by atoms with E-state index < -0.39 is 11.5 Å². The Kier molecular flexibility index (Phi) is 4.88. The quantitative estimate of drug-likeness (QED) is 0.865. The number of carboxylic acid groups (broad SMARTS) is 1. The Labute approximate surface area is 116 Å². The van der Waals surface area contributed by atoms with Gasteiger partial charge in [0.2, 0.25) is 0 Å². The molecule has 1 aromatic rings. The zero-order valence-corrected chi connectivity index (χ0v) is 12.4. The van der Waals surface area contributed by atoms with E-state index in [4.69, 9.17) is 5.11 Å². The summed E-state index contributed by atoms with van der Waals surface area (Å²) < 4.78 is 0. The first kappa shape index (κ1) is 15.4. The second-order valence-corrected chi connectivity index (χ2v) is 6.16. The van der Waals surface area contributed by atoms with E-state index in [1.165, 1.54) is 16.2 Å². The summed E-state index contributed by atoms with van der Waals surface area (Å²) in [6, 6.07) is -0.308. The molecule has 6 nitrogen and oxygen atoms in total. The van der Waals surface area contributed by atoms with E-state index in [0.717, 1.165) is 10.7 Å². The monoisotopic (exact) mass is 285 g/mol. The van der Waals surface area contributed by atoms with Crippen LogP contribution < -0.4 is 5.32 Å². The predicted molar refractivity (Wildman–Crippen MR) is 73.2 cm³/mol. The van der Waals surface area contributed by atoms with Crippen LogP contribution in [0.25, 0.3) is 0 Å². The predicted octanol–water partition coefficient (Wildman–Crippen LogP) is 1.85. The largest absolute Gasteiger partial charge is 0.481 e. The molecular weight excluding hydrogens is 266 g/mol. The molecule has 0 atom stereocenters. The molecule has 0 unspecified atom stereocenters. The van der Waals surface area contributed by atoms with Crippen LogP contribution in [0, 0.1) is 6.92 Å². The van der Waals surface area contributed by atoms with Gasteiger partial charge in [-0.2, -0.15) is 0 Å². The maximum Gasteiger partial charge on any atom is 0.317 e. The minimum absolute atomic E-state index is 0.123. The number of rotatable bonds is 5. The van der Waals surface area contributed by atoms with Crippen molar-refractivity contribution >= 4 is 23.3 Å². The van der Waals surface area contributed by atoms with Crippen molar-refractivity contribution in [3.8, 4) is 0 Å². The van der Waals surface area contributed by atoms with Crippen LogP contribution in [-0.2, 0) is 11.3 Å². The summed E-state index contributed by atoms with van der Waals surface area (Å²) in [5.41, 5.74) is 0.0472. The van der Waals surface area contributed by atoms with Crippen LogP contribution >= 0.6 is 11.3 Å². The van der Waals surface area contributed by atoms with Crippen LogP contribution in [0.4, 0.5) is 4.79 Å². The molecule has 2 amide bonds. The Bertz CT molecular complexity index is 471. The number of hydrogen-bond acceptors (Lipinski definition) is 4. The normalized spacial score (nSPS) is 11.2. The van der Waals surface area contributed by atoms with Crippen LogP contribution in [0.15, 0.2) is 5.38 Å². The number of aliphatic carboxylic acids is 1. The van der Waals surface area contributed by atoms with E-state index in [2.05, 4.69) is 10.3 Å². The first-order chi connectivity index (χ1) is 8.69. The van der Waals surface area contributed by atoms with Gasteiger partial charge < -0.3 is 15.3 Å². The molecule has 7 heteroatoms. The third kappa shape index (κ3) is 5.25. The summed E-state index contributed by atoms with van der Waals surface area (Å²) >= 11 is 1.53. The van der Waals surface area contributed by atoms with E-state index >= 15 is 0 Å². The fourth-order valence-electron chi connectivity index (χ4n) is 1.60. The zero-order chi connectivity index (χ0) is 14.6. The summed E-state index contributed by atoms with van der Waals surface area (Å²) in [6.45, 7) is 5.67. The summed E-state index contributed by atoms with van der Waals surface area (Å²) in [6.07, 6.45) is -0.123. The zero-order valence-electron chi connectivity index (χ0n) is 11.6. The fourth-order valence-corrected chi connectivity index (χ4v) is 2.21. The van der Waals surface area contributed by atoms with Crippen molar-refractivity contribution in [1.29, 1.82) is 0 Å². The molecule has 0 aliphatic heterocycles. The molecule has 0 saturated carbocycles. The van der Waals surface area contributed by atoms with Crippen LogP contribution in [0.5, 0.6) is 0 Å². The molecule has 0 aliphatic rings. The van der Waals surface area contributed by atoms with Crippen LogP contribution in [0.1, 0.15) is 31.0 Å². The van der Waals surface area contributed by atoms with Crippen molar-refractivity contribution in [3.05, 3.63) is 16.1 Å². The number of carbonyl (C=O) groups is 2. The minimum Gasteiger partial charge on any atom is -0.481 e. The molecule has 0 radical (unpaired) electrons. The van der Waals surface area contributed by atoms with Gasteiger partial charge in [-0.05, 0) is 20.8 Å². The second-order valence-electron chi connectivity index (χ2n) is 5.10. The number of thiazole rings is 1. The number of urea groups is 1. The topological polar surface area (TPSA) is 82.5 Å². The lowest BCUT2D eigenvalue weighted by atomic mass is 10.0. The van der Waals surface area contributed by atoms with Gasteiger partial charge in [0.05, 0.1) is 23.7 Å². The first-order valence-corrected chi connectivity index (χ1v) is 6.73. The SMILES string of the molecule is Cc1nc(CN(C)C(=O)NC(C)(C)CC(=O)O)cs1. The Morgan fingerprint density at radius 1 is 1.53 bits per heavy atom. The third-order valence-electron chi connectivity index (χ3n) is 2.45. The molecule has 1 rings (SSSR count). The second kappa shape index (κ2) is 6.01. The highest BCUT2D eigenvalue weighted by Gasteiger charge is 2.25. The maximum absolute atomic E-state index is 11.9. The molecule has 2 N–H and O–H groups in total. The van der Waals surface area contributed by atoms with Gasteiger partial charge in [-0.1, -0.05) is 0 Å². The summed E-state index contributed by atoms with van der Waals surface area (Å²) in [5, 5.41) is 14.3. The molecule has 0 bridgehead atoms. The average Bonchev–Trinajstić information content (AvgIpc) is 2.60. The van der Waals surface area contributed by atoms with Crippen LogP contribution in [-0.4, -0.2) is 39.6 Å². The van der Waals surface area contributed by atoms with Gasteiger partial charge in [0, 0.05) is 18.0 Å². The number of aromatic nitrogens is 1. The molecular formula is C12H19N3O3S. The van der Waals surface area contributed by atoms with E-state index in [1.807, 2.05) is 12.3 Å². The lowest BCUT2D eigenvalue weighted by Gasteiger charge is -2.27. The standard InChI is InChI=1S/C12H19N3O3S/c1-8-13-9(7-19-8)6-15(4)11(18)14-12(2,3)5-10(16)17/h7H,5-6H2,1-4H3,(H,14,18)(H,16,17). The van der Waals surface area contributed by atoms with Gasteiger partial charge >= 0.3 is 12.0 Å². The van der Waals surface area contributed by atoms with E-state index in [0.29, 0.717) is 6.54 Å². The summed E-state index contributed by atoms with van der Waals surface area (Å²) in [4.78, 5) is 28.4. The molecule has 19 heavy (non-hydrogen) atoms. The highest BCUT2D eigenvalue weighted by molar-refractivity contribution is 7.09. The molecule has 0 spiro atoms. The number of hydrogen-bond donors (Lipinski definition) is 2. The van der Waals surface area contributed by atoms with Crippen molar-refractivity contribution in [1.82, 2.24) is 15.2 Å². The van der Waals surface area contributed by atoms with Crippen molar-refractivity contribution < 1.29 is 14.7 Å². The number of carbonyl (C=O) groups excluding carboxylic acids is 1. The van der Waals surface area contributed by atoms with Crippen molar-refractivity contribution in [2.45, 2.75) is 39.3 Å². The van der Waals surface area contributed by atoms with E-state index in [1.54, 1.807) is 20.9 Å². The maximum atomic E-state index is 11.9. The van der Waals surface area contributed by atoms with Crippen LogP contribution in [0.2, 0.25) is 0 Å². The summed E-state index contributed by atoms with van der Waals surface area (Å²) in [5.74, 6) is -0.942. The van der Waals surface area contributed by atoms with Crippen molar-refractivity contribution in [2.24, 2.45) is 0 Å². The van der Waals surface area contributed by atoms with Gasteiger partial charge in [0.25, 0.3) is 0 Å². The van der Waals surface area contributed by atoms with E-state index in [9.17, 15) is 9.59 Å². The van der Waals surface area contributed by atoms with Gasteiger partial charge in [-0.15, -0.1) is 11.3 Å². The average molecular weight is 285 g/mol. The number of aryl methyl sites for hydroxylation is 1. The number of nitrogens with one attached hydrogen (secondary N) is 1. The molecule has 0 saturated heterocycles. The van der Waals surface area contributed by atoms with Gasteiger partial charge in [0.1, 0.15) is 0 Å². The lowest BCUT2D eigenvalue weighted by molar-refractivity contribution is -0.138. The summed E-state index contributed by atoms with van der Waals surface area (Å²) in [7, 11) is 1.65. The molecule has 0 aliphatic carbocycles. The first-order valence-electron chi connectivity index (χ1n) is 5.86. The highest BCUT2D eigenvalue weighted by Crippen LogP contribution is 2.12. The fraction of sp³-hybridized carbons (Fsp3) is 0.583. The molecule has 1 aromatic heterocycles. The van der Waals surface area contributed by atoms with Crippen molar-refractivity contribution in [3.63, 3.8) is 0 Å². The molecule has 0 fully saturated rings. The number of amides is 2. The van der Waals surface area contributed by atoms with Crippen LogP contribution in [0.3, 0.4) is 0 Å². The Hall–Kier alpha value is -1.63. The van der Waals surface area contributed by atoms with Gasteiger partial charge in [-0.3, -0.25) is 4.79 Å². The molecule has 106 valence electrons. The lowest BCUT2D eigenvalue weighted by Crippen LogP contribution is -2.49.